The molecule has 3 unspecified atom stereocenters. The SMILES string of the molecule is CC1(C(=O)N2CCCC2)CC(=O)c2c([nH]c(-c3ccnc(NC(=O)C4CC4F)c3)c2Nc2ccccc2)C1. The Kier molecular flexibility index (Phi) is 6.01. The highest BCUT2D eigenvalue weighted by Crippen LogP contribution is 2.45. The number of rotatable bonds is 6. The molecule has 1 aromatic carbocycles. The van der Waals surface area contributed by atoms with E-state index in [0.717, 1.165) is 31.6 Å². The number of hydrogen-bond acceptors (Lipinski definition) is 5. The third-order valence-electron chi connectivity index (χ3n) is 7.78. The van der Waals surface area contributed by atoms with Gasteiger partial charge in [0.1, 0.15) is 12.0 Å². The maximum Gasteiger partial charge on any atom is 0.231 e. The Balaban J connectivity index is 1.38. The first-order valence-electron chi connectivity index (χ1n) is 13.1. The van der Waals surface area contributed by atoms with E-state index in [1.165, 1.54) is 0 Å². The predicted molar refractivity (Wildman–Crippen MR) is 142 cm³/mol. The minimum atomic E-state index is -1.10. The largest absolute Gasteiger partial charge is 0.356 e. The molecule has 2 amide bonds. The normalized spacial score (nSPS) is 24.2. The molecule has 196 valence electrons. The van der Waals surface area contributed by atoms with Gasteiger partial charge in [0.2, 0.25) is 11.8 Å². The summed E-state index contributed by atoms with van der Waals surface area (Å²) in [4.78, 5) is 48.9. The third kappa shape index (κ3) is 4.46. The van der Waals surface area contributed by atoms with Crippen LogP contribution < -0.4 is 10.6 Å². The van der Waals surface area contributed by atoms with Crippen LogP contribution in [-0.2, 0) is 16.0 Å². The van der Waals surface area contributed by atoms with E-state index in [4.69, 9.17) is 0 Å². The number of alkyl halides is 1. The third-order valence-corrected chi connectivity index (χ3v) is 7.78. The number of benzene rings is 1. The summed E-state index contributed by atoms with van der Waals surface area (Å²) in [5, 5.41) is 6.11. The lowest BCUT2D eigenvalue weighted by molar-refractivity contribution is -0.140. The number of anilines is 3. The van der Waals surface area contributed by atoms with Gasteiger partial charge in [0, 0.05) is 49.1 Å². The fraction of sp³-hybridized carbons (Fsp3) is 0.379. The maximum absolute atomic E-state index is 13.7. The second-order valence-corrected chi connectivity index (χ2v) is 10.8. The minimum absolute atomic E-state index is 0.0304. The van der Waals surface area contributed by atoms with Gasteiger partial charge in [-0.2, -0.15) is 0 Å². The number of nitrogens with one attached hydrogen (secondary N) is 3. The Labute approximate surface area is 220 Å². The first-order chi connectivity index (χ1) is 18.3. The van der Waals surface area contributed by atoms with Crippen molar-refractivity contribution in [2.75, 3.05) is 23.7 Å². The molecule has 1 saturated heterocycles. The van der Waals surface area contributed by atoms with Gasteiger partial charge in [-0.15, -0.1) is 0 Å². The van der Waals surface area contributed by atoms with Crippen molar-refractivity contribution in [1.29, 1.82) is 0 Å². The van der Waals surface area contributed by atoms with Gasteiger partial charge in [-0.05, 0) is 50.5 Å². The van der Waals surface area contributed by atoms with Gasteiger partial charge >= 0.3 is 0 Å². The molecule has 1 saturated carbocycles. The molecule has 0 bridgehead atoms. The number of nitrogens with zero attached hydrogens (tertiary/aromatic N) is 2. The molecule has 3 heterocycles. The number of H-pyrrole nitrogens is 1. The zero-order chi connectivity index (χ0) is 26.4. The molecule has 2 fully saturated rings. The summed E-state index contributed by atoms with van der Waals surface area (Å²) in [7, 11) is 0. The van der Waals surface area contributed by atoms with Crippen LogP contribution >= 0.6 is 0 Å². The van der Waals surface area contributed by atoms with E-state index in [0.29, 0.717) is 40.4 Å². The summed E-state index contributed by atoms with van der Waals surface area (Å²) in [5.41, 5.74) is 3.26. The van der Waals surface area contributed by atoms with Gasteiger partial charge in [0.25, 0.3) is 0 Å². The Morgan fingerprint density at radius 1 is 1.13 bits per heavy atom. The first kappa shape index (κ1) is 24.3. The number of carbonyl (C=O) groups is 3. The Bertz CT molecular complexity index is 1410. The zero-order valence-corrected chi connectivity index (χ0v) is 21.2. The predicted octanol–water partition coefficient (Wildman–Crippen LogP) is 4.87. The number of pyridine rings is 1. The number of Topliss-reactive ketones (excluding diaryl/α,β-unsaturated/α-hetero) is 1. The summed E-state index contributed by atoms with van der Waals surface area (Å²) in [6, 6.07) is 13.1. The van der Waals surface area contributed by atoms with Crippen LogP contribution in [0.25, 0.3) is 11.3 Å². The fourth-order valence-electron chi connectivity index (χ4n) is 5.66. The van der Waals surface area contributed by atoms with Crippen molar-refractivity contribution in [3.63, 3.8) is 0 Å². The Morgan fingerprint density at radius 2 is 1.87 bits per heavy atom. The number of fused-ring (bicyclic) bond motifs is 1. The molecule has 1 aliphatic heterocycles. The van der Waals surface area contributed by atoms with Crippen LogP contribution in [0.1, 0.15) is 48.7 Å². The smallest absolute Gasteiger partial charge is 0.231 e. The topological polar surface area (TPSA) is 107 Å². The van der Waals surface area contributed by atoms with Crippen LogP contribution in [0.5, 0.6) is 0 Å². The number of hydrogen-bond donors (Lipinski definition) is 3. The number of halogens is 1. The van der Waals surface area contributed by atoms with Crippen molar-refractivity contribution in [1.82, 2.24) is 14.9 Å². The fourth-order valence-corrected chi connectivity index (χ4v) is 5.66. The second kappa shape index (κ2) is 9.38. The van der Waals surface area contributed by atoms with Crippen molar-refractivity contribution in [2.45, 2.75) is 45.2 Å². The molecule has 9 heteroatoms. The van der Waals surface area contributed by atoms with E-state index in [2.05, 4.69) is 20.6 Å². The molecule has 3 atom stereocenters. The summed E-state index contributed by atoms with van der Waals surface area (Å²) in [6.07, 6.45) is 3.25. The summed E-state index contributed by atoms with van der Waals surface area (Å²) >= 11 is 0. The maximum atomic E-state index is 13.7. The molecular formula is C29H30FN5O3. The molecule has 0 spiro atoms. The van der Waals surface area contributed by atoms with E-state index >= 15 is 0 Å². The number of carbonyl (C=O) groups excluding carboxylic acids is 3. The van der Waals surface area contributed by atoms with E-state index < -0.39 is 17.5 Å². The van der Waals surface area contributed by atoms with Crippen molar-refractivity contribution < 1.29 is 18.8 Å². The van der Waals surface area contributed by atoms with Crippen LogP contribution in [-0.4, -0.2) is 51.7 Å². The van der Waals surface area contributed by atoms with Gasteiger partial charge in [-0.3, -0.25) is 14.4 Å². The summed E-state index contributed by atoms with van der Waals surface area (Å²) in [5.74, 6) is -0.764. The van der Waals surface area contributed by atoms with E-state index in [1.54, 1.807) is 18.3 Å². The van der Waals surface area contributed by atoms with Gasteiger partial charge in [-0.1, -0.05) is 18.2 Å². The van der Waals surface area contributed by atoms with E-state index in [-0.39, 0.29) is 30.4 Å². The number of aromatic amines is 1. The van der Waals surface area contributed by atoms with Gasteiger partial charge in [0.05, 0.1) is 28.3 Å². The standard InChI is InChI=1S/C29H30FN5O3/c1-29(28(38)35-11-5-6-12-35)15-21-24(22(36)16-29)26(32-18-7-3-2-4-8-18)25(33-21)17-9-10-31-23(13-17)34-27(37)19-14-20(19)30/h2-4,7-10,13,19-20,32-33H,5-6,11-12,14-16H2,1H3,(H,31,34,37). The molecule has 2 aromatic heterocycles. The second-order valence-electron chi connectivity index (χ2n) is 10.8. The van der Waals surface area contributed by atoms with Crippen molar-refractivity contribution in [2.24, 2.45) is 11.3 Å². The van der Waals surface area contributed by atoms with Gasteiger partial charge in [-0.25, -0.2) is 9.37 Å². The van der Waals surface area contributed by atoms with Crippen LogP contribution in [0.2, 0.25) is 0 Å². The lowest BCUT2D eigenvalue weighted by atomic mass is 9.73. The lowest BCUT2D eigenvalue weighted by Crippen LogP contribution is -2.45. The van der Waals surface area contributed by atoms with Crippen molar-refractivity contribution in [3.05, 3.63) is 59.9 Å². The van der Waals surface area contributed by atoms with Crippen LogP contribution in [0.15, 0.2) is 48.7 Å². The molecule has 8 nitrogen and oxygen atoms in total. The average molecular weight is 516 g/mol. The van der Waals surface area contributed by atoms with Crippen molar-refractivity contribution in [3.8, 4) is 11.3 Å². The molecule has 3 N–H and O–H groups in total. The molecule has 2 aliphatic carbocycles. The minimum Gasteiger partial charge on any atom is -0.356 e. The first-order valence-corrected chi connectivity index (χ1v) is 13.1. The molecular weight excluding hydrogens is 485 g/mol. The quantitative estimate of drug-likeness (QED) is 0.434. The van der Waals surface area contributed by atoms with Crippen LogP contribution in [0.4, 0.5) is 21.6 Å². The molecule has 3 aromatic rings. The van der Waals surface area contributed by atoms with Gasteiger partial charge < -0.3 is 20.5 Å². The Morgan fingerprint density at radius 3 is 2.58 bits per heavy atom. The zero-order valence-electron chi connectivity index (χ0n) is 21.2. The highest BCUT2D eigenvalue weighted by molar-refractivity contribution is 6.10. The number of amides is 2. The number of likely N-dealkylation sites (tertiary alicyclic amines) is 1. The molecule has 3 aliphatic rings. The lowest BCUT2D eigenvalue weighted by Gasteiger charge is -2.35. The summed E-state index contributed by atoms with van der Waals surface area (Å²) in [6.45, 7) is 3.36. The Hall–Kier alpha value is -4.01. The molecule has 0 radical (unpaired) electrons. The van der Waals surface area contributed by atoms with Crippen LogP contribution in [0, 0.1) is 11.3 Å². The molecule has 38 heavy (non-hydrogen) atoms. The number of para-hydroxylation sites is 1. The number of ketones is 1. The molecule has 6 rings (SSSR count). The van der Waals surface area contributed by atoms with Crippen LogP contribution in [0.3, 0.4) is 0 Å². The monoisotopic (exact) mass is 515 g/mol. The van der Waals surface area contributed by atoms with Crippen molar-refractivity contribution >= 4 is 34.8 Å². The number of aromatic nitrogens is 2. The highest BCUT2D eigenvalue weighted by Gasteiger charge is 2.46. The van der Waals surface area contributed by atoms with Gasteiger partial charge in [0.15, 0.2) is 5.78 Å². The average Bonchev–Trinajstić information content (AvgIpc) is 3.27. The van der Waals surface area contributed by atoms with E-state index in [9.17, 15) is 18.8 Å². The summed E-state index contributed by atoms with van der Waals surface area (Å²) < 4.78 is 13.4. The van der Waals surface area contributed by atoms with E-state index in [1.807, 2.05) is 42.2 Å². The highest BCUT2D eigenvalue weighted by atomic mass is 19.1.